The van der Waals surface area contributed by atoms with Crippen molar-refractivity contribution in [2.45, 2.75) is 39.8 Å². The third kappa shape index (κ3) is 3.47. The topological polar surface area (TPSA) is 44.5 Å². The van der Waals surface area contributed by atoms with E-state index in [1.54, 1.807) is 7.11 Å². The van der Waals surface area contributed by atoms with E-state index in [1.807, 2.05) is 31.2 Å². The minimum absolute atomic E-state index is 0.0203. The van der Waals surface area contributed by atoms with Crippen LogP contribution in [0.15, 0.2) is 24.3 Å². The quantitative estimate of drug-likeness (QED) is 0.874. The second kappa shape index (κ2) is 6.21. The Morgan fingerprint density at radius 3 is 2.33 bits per heavy atom. The zero-order valence-electron chi connectivity index (χ0n) is 12.1. The number of para-hydroxylation sites is 1. The molecule has 1 aromatic rings. The van der Waals surface area contributed by atoms with Gasteiger partial charge in [-0.05, 0) is 18.4 Å². The lowest BCUT2D eigenvalue weighted by molar-refractivity contribution is -0.00296. The lowest BCUT2D eigenvalue weighted by atomic mass is 9.82. The minimum atomic E-state index is -0.197. The number of nitrogens with two attached hydrogens (primary N) is 1. The molecule has 0 radical (unpaired) electrons. The summed E-state index contributed by atoms with van der Waals surface area (Å²) in [7, 11) is 1.71. The highest BCUT2D eigenvalue weighted by molar-refractivity contribution is 5.36. The predicted octanol–water partition coefficient (Wildman–Crippen LogP) is 3.15. The summed E-state index contributed by atoms with van der Waals surface area (Å²) in [5.74, 6) is 0.846. The average molecular weight is 251 g/mol. The van der Waals surface area contributed by atoms with Crippen LogP contribution in [0.3, 0.4) is 0 Å². The molecular weight excluding hydrogens is 226 g/mol. The molecule has 1 aromatic carbocycles. The zero-order valence-corrected chi connectivity index (χ0v) is 12.1. The molecule has 2 unspecified atom stereocenters. The van der Waals surface area contributed by atoms with E-state index in [1.165, 1.54) is 0 Å². The maximum atomic E-state index is 6.36. The predicted molar refractivity (Wildman–Crippen MR) is 74.8 cm³/mol. The molecule has 0 spiro atoms. The van der Waals surface area contributed by atoms with Gasteiger partial charge in [0.25, 0.3) is 0 Å². The van der Waals surface area contributed by atoms with E-state index < -0.39 is 0 Å². The molecule has 0 saturated heterocycles. The average Bonchev–Trinajstić information content (AvgIpc) is 2.29. The van der Waals surface area contributed by atoms with Crippen LogP contribution in [0, 0.1) is 5.41 Å². The van der Waals surface area contributed by atoms with Crippen molar-refractivity contribution in [3.05, 3.63) is 29.8 Å². The number of hydrogen-bond acceptors (Lipinski definition) is 3. The van der Waals surface area contributed by atoms with E-state index in [0.29, 0.717) is 6.61 Å². The molecule has 0 aromatic heterocycles. The van der Waals surface area contributed by atoms with Gasteiger partial charge in [0.1, 0.15) is 5.75 Å². The van der Waals surface area contributed by atoms with Crippen LogP contribution >= 0.6 is 0 Å². The number of ether oxygens (including phenoxy) is 2. The van der Waals surface area contributed by atoms with Crippen LogP contribution in [0.1, 0.15) is 39.3 Å². The van der Waals surface area contributed by atoms with Crippen LogP contribution in [-0.4, -0.2) is 19.8 Å². The Bertz CT molecular complexity index is 371. The van der Waals surface area contributed by atoms with Gasteiger partial charge in [-0.3, -0.25) is 0 Å². The van der Waals surface area contributed by atoms with E-state index >= 15 is 0 Å². The van der Waals surface area contributed by atoms with Gasteiger partial charge < -0.3 is 15.2 Å². The monoisotopic (exact) mass is 251 g/mol. The summed E-state index contributed by atoms with van der Waals surface area (Å²) < 4.78 is 11.2. The number of hydrogen-bond donors (Lipinski definition) is 1. The summed E-state index contributed by atoms with van der Waals surface area (Å²) >= 11 is 0. The molecule has 0 bridgehead atoms. The van der Waals surface area contributed by atoms with E-state index in [0.717, 1.165) is 11.3 Å². The summed E-state index contributed by atoms with van der Waals surface area (Å²) in [6, 6.07) is 7.70. The van der Waals surface area contributed by atoms with Crippen molar-refractivity contribution in [3.63, 3.8) is 0 Å². The largest absolute Gasteiger partial charge is 0.494 e. The highest BCUT2D eigenvalue weighted by Crippen LogP contribution is 2.34. The maximum absolute atomic E-state index is 6.36. The van der Waals surface area contributed by atoms with Gasteiger partial charge in [0, 0.05) is 12.7 Å². The molecule has 0 amide bonds. The van der Waals surface area contributed by atoms with Crippen molar-refractivity contribution in [2.75, 3.05) is 13.7 Å². The van der Waals surface area contributed by atoms with E-state index in [4.69, 9.17) is 15.2 Å². The van der Waals surface area contributed by atoms with E-state index in [2.05, 4.69) is 20.8 Å². The number of rotatable bonds is 5. The Labute approximate surface area is 110 Å². The standard InChI is InChI=1S/C15H25NO2/c1-6-18-12-10-8-7-9-11(12)13(16)14(17-5)15(2,3)4/h7-10,13-14H,6,16H2,1-5H3. The first-order valence-electron chi connectivity index (χ1n) is 6.42. The van der Waals surface area contributed by atoms with Crippen LogP contribution in [0.25, 0.3) is 0 Å². The first-order valence-corrected chi connectivity index (χ1v) is 6.42. The molecule has 0 heterocycles. The van der Waals surface area contributed by atoms with Crippen LogP contribution in [0.5, 0.6) is 5.75 Å². The Morgan fingerprint density at radius 1 is 1.22 bits per heavy atom. The molecule has 0 saturated carbocycles. The second-order valence-corrected chi connectivity index (χ2v) is 5.52. The molecule has 2 atom stereocenters. The molecule has 0 aliphatic rings. The van der Waals surface area contributed by atoms with Crippen molar-refractivity contribution < 1.29 is 9.47 Å². The van der Waals surface area contributed by atoms with Crippen molar-refractivity contribution in [2.24, 2.45) is 11.1 Å². The molecule has 0 fully saturated rings. The molecule has 2 N–H and O–H groups in total. The Kier molecular flexibility index (Phi) is 5.17. The molecule has 102 valence electrons. The molecular formula is C15H25NO2. The van der Waals surface area contributed by atoms with Gasteiger partial charge in [-0.1, -0.05) is 39.0 Å². The highest BCUT2D eigenvalue weighted by Gasteiger charge is 2.32. The first-order chi connectivity index (χ1) is 8.41. The van der Waals surface area contributed by atoms with Gasteiger partial charge in [-0.15, -0.1) is 0 Å². The summed E-state index contributed by atoms with van der Waals surface area (Å²) in [4.78, 5) is 0. The summed E-state index contributed by atoms with van der Waals surface area (Å²) in [5.41, 5.74) is 7.34. The van der Waals surface area contributed by atoms with E-state index in [-0.39, 0.29) is 17.6 Å². The molecule has 3 heteroatoms. The molecule has 3 nitrogen and oxygen atoms in total. The van der Waals surface area contributed by atoms with Crippen LogP contribution in [-0.2, 0) is 4.74 Å². The fraction of sp³-hybridized carbons (Fsp3) is 0.600. The van der Waals surface area contributed by atoms with Gasteiger partial charge in [-0.2, -0.15) is 0 Å². The smallest absolute Gasteiger partial charge is 0.124 e. The third-order valence-electron chi connectivity index (χ3n) is 3.01. The minimum Gasteiger partial charge on any atom is -0.494 e. The second-order valence-electron chi connectivity index (χ2n) is 5.52. The SMILES string of the molecule is CCOc1ccccc1C(N)C(OC)C(C)(C)C. The lowest BCUT2D eigenvalue weighted by Crippen LogP contribution is -2.38. The van der Waals surface area contributed by atoms with E-state index in [9.17, 15) is 0 Å². The van der Waals surface area contributed by atoms with Crippen LogP contribution in [0.2, 0.25) is 0 Å². The van der Waals surface area contributed by atoms with Crippen molar-refractivity contribution in [1.29, 1.82) is 0 Å². The first kappa shape index (κ1) is 15.0. The molecule has 1 rings (SSSR count). The zero-order chi connectivity index (χ0) is 13.8. The summed E-state index contributed by atoms with van der Waals surface area (Å²) in [5, 5.41) is 0. The Morgan fingerprint density at radius 2 is 1.83 bits per heavy atom. The van der Waals surface area contributed by atoms with Crippen molar-refractivity contribution >= 4 is 0 Å². The van der Waals surface area contributed by atoms with Gasteiger partial charge in [0.2, 0.25) is 0 Å². The lowest BCUT2D eigenvalue weighted by Gasteiger charge is -2.34. The normalized spacial score (nSPS) is 15.2. The molecule has 18 heavy (non-hydrogen) atoms. The van der Waals surface area contributed by atoms with Gasteiger partial charge in [-0.25, -0.2) is 0 Å². The third-order valence-corrected chi connectivity index (χ3v) is 3.01. The molecule has 0 aliphatic heterocycles. The maximum Gasteiger partial charge on any atom is 0.124 e. The van der Waals surface area contributed by atoms with Gasteiger partial charge in [0.05, 0.1) is 18.8 Å². The Balaban J connectivity index is 3.05. The van der Waals surface area contributed by atoms with Crippen LogP contribution < -0.4 is 10.5 Å². The highest BCUT2D eigenvalue weighted by atomic mass is 16.5. The summed E-state index contributed by atoms with van der Waals surface area (Å²) in [6.07, 6.45) is -0.0564. The number of benzene rings is 1. The van der Waals surface area contributed by atoms with Gasteiger partial charge >= 0.3 is 0 Å². The Hall–Kier alpha value is -1.06. The fourth-order valence-corrected chi connectivity index (χ4v) is 2.24. The van der Waals surface area contributed by atoms with Crippen molar-refractivity contribution in [1.82, 2.24) is 0 Å². The fourth-order valence-electron chi connectivity index (χ4n) is 2.24. The van der Waals surface area contributed by atoms with Crippen molar-refractivity contribution in [3.8, 4) is 5.75 Å². The van der Waals surface area contributed by atoms with Gasteiger partial charge in [0.15, 0.2) is 0 Å². The van der Waals surface area contributed by atoms with Crippen LogP contribution in [0.4, 0.5) is 0 Å². The molecule has 0 aliphatic carbocycles. The number of methoxy groups -OCH3 is 1. The summed E-state index contributed by atoms with van der Waals surface area (Å²) in [6.45, 7) is 9.00.